The summed E-state index contributed by atoms with van der Waals surface area (Å²) in [6, 6.07) is 8.24. The first-order chi connectivity index (χ1) is 8.74. The van der Waals surface area contributed by atoms with Crippen molar-refractivity contribution in [2.24, 2.45) is 0 Å². The Kier molecular flexibility index (Phi) is 3.89. The second-order valence-corrected chi connectivity index (χ2v) is 4.11. The normalized spacial score (nSPS) is 10.4. The van der Waals surface area contributed by atoms with Crippen molar-refractivity contribution in [1.29, 1.82) is 0 Å². The Labute approximate surface area is 107 Å². The molecule has 0 aliphatic carbocycles. The van der Waals surface area contributed by atoms with E-state index in [1.807, 2.05) is 12.1 Å². The maximum absolute atomic E-state index is 9.11. The maximum Gasteiger partial charge on any atom is 0.151 e. The van der Waals surface area contributed by atoms with Crippen molar-refractivity contribution in [3.05, 3.63) is 47.9 Å². The first-order valence-corrected chi connectivity index (χ1v) is 6.00. The molecule has 4 heteroatoms. The van der Waals surface area contributed by atoms with Crippen molar-refractivity contribution in [2.45, 2.75) is 20.5 Å². The predicted molar refractivity (Wildman–Crippen MR) is 71.8 cm³/mol. The van der Waals surface area contributed by atoms with Gasteiger partial charge in [-0.25, -0.2) is 4.98 Å². The molecule has 0 spiro atoms. The number of aromatic nitrogens is 2. The van der Waals surface area contributed by atoms with Gasteiger partial charge < -0.3 is 10.0 Å². The summed E-state index contributed by atoms with van der Waals surface area (Å²) in [5, 5.41) is 9.11. The number of aliphatic hydroxyl groups excluding tert-OH is 1. The Morgan fingerprint density at radius 2 is 2.11 bits per heavy atom. The van der Waals surface area contributed by atoms with Gasteiger partial charge in [-0.05, 0) is 31.5 Å². The summed E-state index contributed by atoms with van der Waals surface area (Å²) in [6.45, 7) is 4.84. The third-order valence-corrected chi connectivity index (χ3v) is 2.74. The maximum atomic E-state index is 9.11. The van der Waals surface area contributed by atoms with E-state index in [2.05, 4.69) is 40.8 Å². The van der Waals surface area contributed by atoms with Crippen LogP contribution in [-0.2, 0) is 6.61 Å². The number of rotatable bonds is 4. The van der Waals surface area contributed by atoms with Gasteiger partial charge in [-0.15, -0.1) is 0 Å². The fourth-order valence-corrected chi connectivity index (χ4v) is 1.87. The van der Waals surface area contributed by atoms with Crippen LogP contribution in [0.3, 0.4) is 0 Å². The summed E-state index contributed by atoms with van der Waals surface area (Å²) >= 11 is 0. The molecule has 0 radical (unpaired) electrons. The van der Waals surface area contributed by atoms with E-state index in [0.717, 1.165) is 18.1 Å². The zero-order valence-corrected chi connectivity index (χ0v) is 10.7. The number of hydrogen-bond donors (Lipinski definition) is 1. The van der Waals surface area contributed by atoms with Crippen molar-refractivity contribution in [3.63, 3.8) is 0 Å². The Hall–Kier alpha value is -1.94. The first kappa shape index (κ1) is 12.5. The molecule has 0 aliphatic rings. The highest BCUT2D eigenvalue weighted by atomic mass is 16.3. The van der Waals surface area contributed by atoms with Crippen LogP contribution in [0.2, 0.25) is 0 Å². The molecule has 0 amide bonds. The van der Waals surface area contributed by atoms with Crippen molar-refractivity contribution < 1.29 is 5.11 Å². The molecule has 4 nitrogen and oxygen atoms in total. The Bertz CT molecular complexity index is 528. The van der Waals surface area contributed by atoms with Crippen LogP contribution in [-0.4, -0.2) is 21.6 Å². The van der Waals surface area contributed by atoms with E-state index in [9.17, 15) is 0 Å². The monoisotopic (exact) mass is 243 g/mol. The van der Waals surface area contributed by atoms with Gasteiger partial charge in [0, 0.05) is 12.2 Å². The molecule has 1 N–H and O–H groups in total. The van der Waals surface area contributed by atoms with Crippen molar-refractivity contribution in [1.82, 2.24) is 9.97 Å². The van der Waals surface area contributed by atoms with Crippen molar-refractivity contribution in [3.8, 4) is 0 Å². The van der Waals surface area contributed by atoms with E-state index in [1.165, 1.54) is 5.56 Å². The molecule has 0 bridgehead atoms. The molecule has 0 fully saturated rings. The molecule has 0 atom stereocenters. The average molecular weight is 243 g/mol. The Morgan fingerprint density at radius 3 is 2.78 bits per heavy atom. The summed E-state index contributed by atoms with van der Waals surface area (Å²) in [4.78, 5) is 10.6. The van der Waals surface area contributed by atoms with Gasteiger partial charge in [0.1, 0.15) is 0 Å². The van der Waals surface area contributed by atoms with Crippen LogP contribution in [0, 0.1) is 6.92 Å². The van der Waals surface area contributed by atoms with E-state index in [1.54, 1.807) is 12.4 Å². The van der Waals surface area contributed by atoms with E-state index in [4.69, 9.17) is 5.11 Å². The summed E-state index contributed by atoms with van der Waals surface area (Å²) in [5.74, 6) is 0.759. The molecular formula is C14H17N3O. The quantitative estimate of drug-likeness (QED) is 0.896. The van der Waals surface area contributed by atoms with Crippen LogP contribution in [0.25, 0.3) is 0 Å². The topological polar surface area (TPSA) is 49.2 Å². The van der Waals surface area contributed by atoms with Gasteiger partial charge in [0.05, 0.1) is 24.7 Å². The minimum Gasteiger partial charge on any atom is -0.390 e. The molecule has 0 saturated heterocycles. The molecule has 1 aromatic heterocycles. The molecule has 0 saturated carbocycles. The van der Waals surface area contributed by atoms with Crippen LogP contribution in [0.1, 0.15) is 18.2 Å². The summed E-state index contributed by atoms with van der Waals surface area (Å²) in [6.07, 6.45) is 3.29. The number of benzene rings is 1. The van der Waals surface area contributed by atoms with Crippen LogP contribution >= 0.6 is 0 Å². The molecule has 18 heavy (non-hydrogen) atoms. The zero-order chi connectivity index (χ0) is 13.0. The first-order valence-electron chi connectivity index (χ1n) is 6.00. The number of anilines is 2. The van der Waals surface area contributed by atoms with Crippen LogP contribution in [0.5, 0.6) is 0 Å². The lowest BCUT2D eigenvalue weighted by atomic mass is 10.2. The molecule has 2 rings (SSSR count). The number of aliphatic hydroxyl groups is 1. The van der Waals surface area contributed by atoms with E-state index in [0.29, 0.717) is 5.69 Å². The second kappa shape index (κ2) is 5.60. The van der Waals surface area contributed by atoms with Crippen molar-refractivity contribution in [2.75, 3.05) is 11.4 Å². The third-order valence-electron chi connectivity index (χ3n) is 2.74. The van der Waals surface area contributed by atoms with Crippen LogP contribution in [0.15, 0.2) is 36.7 Å². The summed E-state index contributed by atoms with van der Waals surface area (Å²) in [5.41, 5.74) is 2.87. The largest absolute Gasteiger partial charge is 0.390 e. The third kappa shape index (κ3) is 2.65. The van der Waals surface area contributed by atoms with Crippen LogP contribution in [0.4, 0.5) is 11.5 Å². The highest BCUT2D eigenvalue weighted by Crippen LogP contribution is 2.23. The number of aryl methyl sites for hydroxylation is 1. The second-order valence-electron chi connectivity index (χ2n) is 4.11. The van der Waals surface area contributed by atoms with Gasteiger partial charge in [-0.1, -0.05) is 12.1 Å². The lowest BCUT2D eigenvalue weighted by molar-refractivity contribution is 0.276. The number of nitrogens with zero attached hydrogens (tertiary/aromatic N) is 3. The van der Waals surface area contributed by atoms with E-state index in [-0.39, 0.29) is 6.61 Å². The van der Waals surface area contributed by atoms with Gasteiger partial charge >= 0.3 is 0 Å². The van der Waals surface area contributed by atoms with Gasteiger partial charge in [0.25, 0.3) is 0 Å². The van der Waals surface area contributed by atoms with E-state index >= 15 is 0 Å². The van der Waals surface area contributed by atoms with Crippen molar-refractivity contribution >= 4 is 11.5 Å². The van der Waals surface area contributed by atoms with Crippen LogP contribution < -0.4 is 4.90 Å². The molecular weight excluding hydrogens is 226 g/mol. The highest BCUT2D eigenvalue weighted by molar-refractivity contribution is 5.59. The van der Waals surface area contributed by atoms with Gasteiger partial charge in [0.15, 0.2) is 5.82 Å². The SMILES string of the molecule is CCN(c1cccc(C)c1)c1cncc(CO)n1. The van der Waals surface area contributed by atoms with Gasteiger partial charge in [-0.2, -0.15) is 0 Å². The predicted octanol–water partition coefficient (Wildman–Crippen LogP) is 2.44. The summed E-state index contributed by atoms with van der Waals surface area (Å²) < 4.78 is 0. The average Bonchev–Trinajstić information content (AvgIpc) is 2.40. The molecule has 0 aliphatic heterocycles. The number of hydrogen-bond acceptors (Lipinski definition) is 4. The molecule has 1 heterocycles. The van der Waals surface area contributed by atoms with Gasteiger partial charge in [0.2, 0.25) is 0 Å². The molecule has 2 aromatic rings. The Balaban J connectivity index is 2.38. The standard InChI is InChI=1S/C14H17N3O/c1-3-17(13-6-4-5-11(2)7-13)14-9-15-8-12(10-18)16-14/h4-9,18H,3,10H2,1-2H3. The summed E-state index contributed by atoms with van der Waals surface area (Å²) in [7, 11) is 0. The van der Waals surface area contributed by atoms with E-state index < -0.39 is 0 Å². The zero-order valence-electron chi connectivity index (χ0n) is 10.7. The fourth-order valence-electron chi connectivity index (χ4n) is 1.87. The molecule has 1 aromatic carbocycles. The fraction of sp³-hybridized carbons (Fsp3) is 0.286. The minimum absolute atomic E-state index is 0.0911. The smallest absolute Gasteiger partial charge is 0.151 e. The Morgan fingerprint density at radius 1 is 1.28 bits per heavy atom. The van der Waals surface area contributed by atoms with Gasteiger partial charge in [-0.3, -0.25) is 4.98 Å². The minimum atomic E-state index is -0.0911. The lowest BCUT2D eigenvalue weighted by Gasteiger charge is -2.22. The lowest BCUT2D eigenvalue weighted by Crippen LogP contribution is -2.18. The molecule has 0 unspecified atom stereocenters. The highest BCUT2D eigenvalue weighted by Gasteiger charge is 2.09. The molecule has 94 valence electrons.